The largest absolute Gasteiger partial charge is 0.385 e. The van der Waals surface area contributed by atoms with E-state index in [1.165, 1.54) is 51.5 Å². The van der Waals surface area contributed by atoms with Crippen molar-refractivity contribution in [1.82, 2.24) is 5.32 Å². The van der Waals surface area contributed by atoms with E-state index in [0.29, 0.717) is 11.5 Å². The van der Waals surface area contributed by atoms with Gasteiger partial charge in [-0.2, -0.15) is 0 Å². The van der Waals surface area contributed by atoms with Crippen molar-refractivity contribution in [3.05, 3.63) is 0 Å². The van der Waals surface area contributed by atoms with Crippen molar-refractivity contribution < 1.29 is 4.74 Å². The van der Waals surface area contributed by atoms with E-state index < -0.39 is 0 Å². The quantitative estimate of drug-likeness (QED) is 0.686. The summed E-state index contributed by atoms with van der Waals surface area (Å²) in [5.74, 6) is 0. The summed E-state index contributed by atoms with van der Waals surface area (Å²) in [7, 11) is 1.82. The first kappa shape index (κ1) is 14.0. The van der Waals surface area contributed by atoms with Gasteiger partial charge >= 0.3 is 0 Å². The third-order valence-electron chi connectivity index (χ3n) is 4.05. The second-order valence-corrected chi connectivity index (χ2v) is 5.52. The number of rotatable bonds is 8. The molecular formula is C14H29NO. The van der Waals surface area contributed by atoms with Crippen LogP contribution in [-0.2, 0) is 4.74 Å². The first-order valence-electron chi connectivity index (χ1n) is 6.95. The Kier molecular flexibility index (Phi) is 6.37. The van der Waals surface area contributed by atoms with Crippen molar-refractivity contribution in [2.24, 2.45) is 5.41 Å². The molecule has 16 heavy (non-hydrogen) atoms. The summed E-state index contributed by atoms with van der Waals surface area (Å²) in [6.07, 6.45) is 9.40. The summed E-state index contributed by atoms with van der Waals surface area (Å²) in [5, 5.41) is 3.72. The fourth-order valence-electron chi connectivity index (χ4n) is 2.88. The van der Waals surface area contributed by atoms with Crippen LogP contribution in [-0.4, -0.2) is 26.3 Å². The Balaban J connectivity index is 2.32. The highest BCUT2D eigenvalue weighted by Gasteiger charge is 2.33. The molecule has 0 bridgehead atoms. The van der Waals surface area contributed by atoms with Crippen LogP contribution < -0.4 is 5.32 Å². The summed E-state index contributed by atoms with van der Waals surface area (Å²) < 4.78 is 5.26. The topological polar surface area (TPSA) is 21.3 Å². The average Bonchev–Trinajstić information content (AvgIpc) is 2.74. The summed E-state index contributed by atoms with van der Waals surface area (Å²) >= 11 is 0. The van der Waals surface area contributed by atoms with Gasteiger partial charge in [0.05, 0.1) is 0 Å². The molecule has 96 valence electrons. The van der Waals surface area contributed by atoms with Crippen LogP contribution in [0.5, 0.6) is 0 Å². The molecule has 0 saturated heterocycles. The van der Waals surface area contributed by atoms with E-state index in [2.05, 4.69) is 19.2 Å². The molecule has 0 radical (unpaired) electrons. The van der Waals surface area contributed by atoms with Gasteiger partial charge in [0, 0.05) is 26.3 Å². The predicted molar refractivity (Wildman–Crippen MR) is 69.8 cm³/mol. The van der Waals surface area contributed by atoms with Crippen molar-refractivity contribution in [3.63, 3.8) is 0 Å². The Morgan fingerprint density at radius 1 is 1.31 bits per heavy atom. The molecule has 1 fully saturated rings. The zero-order valence-corrected chi connectivity index (χ0v) is 11.3. The van der Waals surface area contributed by atoms with Gasteiger partial charge in [-0.05, 0) is 38.0 Å². The molecule has 0 aromatic carbocycles. The maximum absolute atomic E-state index is 5.26. The third kappa shape index (κ3) is 4.42. The molecule has 0 aromatic heterocycles. The molecule has 0 aliphatic heterocycles. The summed E-state index contributed by atoms with van der Waals surface area (Å²) in [6, 6.07) is 0.671. The molecular weight excluding hydrogens is 198 g/mol. The molecule has 1 aliphatic carbocycles. The van der Waals surface area contributed by atoms with Crippen LogP contribution in [0.2, 0.25) is 0 Å². The van der Waals surface area contributed by atoms with Gasteiger partial charge in [0.1, 0.15) is 0 Å². The van der Waals surface area contributed by atoms with Crippen LogP contribution in [0.15, 0.2) is 0 Å². The van der Waals surface area contributed by atoms with Crippen molar-refractivity contribution in [3.8, 4) is 0 Å². The van der Waals surface area contributed by atoms with Crippen molar-refractivity contribution >= 4 is 0 Å². The van der Waals surface area contributed by atoms with E-state index in [0.717, 1.165) is 6.61 Å². The van der Waals surface area contributed by atoms with Gasteiger partial charge in [-0.1, -0.05) is 26.2 Å². The first-order chi connectivity index (χ1) is 7.72. The molecule has 0 aromatic rings. The number of hydrogen-bond donors (Lipinski definition) is 1. The standard InChI is InChI=1S/C14H29NO/c1-4-7-13(2)15-12-14(10-11-16-3)8-5-6-9-14/h13,15H,4-12H2,1-3H3. The second-order valence-electron chi connectivity index (χ2n) is 5.52. The molecule has 1 N–H and O–H groups in total. The Hall–Kier alpha value is -0.0800. The minimum absolute atomic E-state index is 0.540. The maximum atomic E-state index is 5.26. The van der Waals surface area contributed by atoms with Gasteiger partial charge in [0.15, 0.2) is 0 Å². The minimum Gasteiger partial charge on any atom is -0.385 e. The normalized spacial score (nSPS) is 21.2. The van der Waals surface area contributed by atoms with Gasteiger partial charge < -0.3 is 10.1 Å². The van der Waals surface area contributed by atoms with Gasteiger partial charge in [0.25, 0.3) is 0 Å². The van der Waals surface area contributed by atoms with E-state index in [9.17, 15) is 0 Å². The lowest BCUT2D eigenvalue weighted by atomic mass is 9.82. The minimum atomic E-state index is 0.540. The SMILES string of the molecule is CCCC(C)NCC1(CCOC)CCCC1. The number of nitrogens with one attached hydrogen (secondary N) is 1. The van der Waals surface area contributed by atoms with E-state index >= 15 is 0 Å². The summed E-state index contributed by atoms with van der Waals surface area (Å²) in [4.78, 5) is 0. The fourth-order valence-corrected chi connectivity index (χ4v) is 2.88. The maximum Gasteiger partial charge on any atom is 0.0468 e. The zero-order valence-electron chi connectivity index (χ0n) is 11.3. The molecule has 1 unspecified atom stereocenters. The molecule has 1 atom stereocenters. The average molecular weight is 227 g/mol. The van der Waals surface area contributed by atoms with Crippen molar-refractivity contribution in [2.45, 2.75) is 64.8 Å². The highest BCUT2D eigenvalue weighted by Crippen LogP contribution is 2.40. The van der Waals surface area contributed by atoms with Crippen LogP contribution in [0, 0.1) is 5.41 Å². The lowest BCUT2D eigenvalue weighted by Gasteiger charge is -2.30. The molecule has 2 nitrogen and oxygen atoms in total. The monoisotopic (exact) mass is 227 g/mol. The highest BCUT2D eigenvalue weighted by atomic mass is 16.5. The third-order valence-corrected chi connectivity index (χ3v) is 4.05. The van der Waals surface area contributed by atoms with Crippen LogP contribution in [0.25, 0.3) is 0 Å². The molecule has 0 amide bonds. The summed E-state index contributed by atoms with van der Waals surface area (Å²) in [5.41, 5.74) is 0.540. The Bertz CT molecular complexity index is 176. The van der Waals surface area contributed by atoms with Gasteiger partial charge in [0.2, 0.25) is 0 Å². The van der Waals surface area contributed by atoms with E-state index in [-0.39, 0.29) is 0 Å². The van der Waals surface area contributed by atoms with Crippen LogP contribution in [0.3, 0.4) is 0 Å². The van der Waals surface area contributed by atoms with Crippen molar-refractivity contribution in [2.75, 3.05) is 20.3 Å². The lowest BCUT2D eigenvalue weighted by Crippen LogP contribution is -2.37. The fraction of sp³-hybridized carbons (Fsp3) is 1.00. The lowest BCUT2D eigenvalue weighted by molar-refractivity contribution is 0.133. The molecule has 1 rings (SSSR count). The van der Waals surface area contributed by atoms with Crippen LogP contribution >= 0.6 is 0 Å². The van der Waals surface area contributed by atoms with Crippen LogP contribution in [0.1, 0.15) is 58.8 Å². The zero-order chi connectivity index (χ0) is 11.9. The molecule has 1 saturated carbocycles. The number of ether oxygens (including phenoxy) is 1. The second kappa shape index (κ2) is 7.29. The number of hydrogen-bond acceptors (Lipinski definition) is 2. The van der Waals surface area contributed by atoms with E-state index in [4.69, 9.17) is 4.74 Å². The van der Waals surface area contributed by atoms with E-state index in [1.54, 1.807) is 0 Å². The van der Waals surface area contributed by atoms with Crippen molar-refractivity contribution in [1.29, 1.82) is 0 Å². The van der Waals surface area contributed by atoms with Gasteiger partial charge in [-0.3, -0.25) is 0 Å². The molecule has 1 aliphatic rings. The number of methoxy groups -OCH3 is 1. The predicted octanol–water partition coefficient (Wildman–Crippen LogP) is 3.36. The molecule has 2 heteroatoms. The Morgan fingerprint density at radius 3 is 2.56 bits per heavy atom. The highest BCUT2D eigenvalue weighted by molar-refractivity contribution is 4.87. The van der Waals surface area contributed by atoms with Gasteiger partial charge in [-0.15, -0.1) is 0 Å². The van der Waals surface area contributed by atoms with E-state index in [1.807, 2.05) is 7.11 Å². The van der Waals surface area contributed by atoms with Gasteiger partial charge in [-0.25, -0.2) is 0 Å². The summed E-state index contributed by atoms with van der Waals surface area (Å²) in [6.45, 7) is 6.68. The molecule has 0 spiro atoms. The molecule has 0 heterocycles. The van der Waals surface area contributed by atoms with Crippen LogP contribution in [0.4, 0.5) is 0 Å². The smallest absolute Gasteiger partial charge is 0.0468 e. The first-order valence-corrected chi connectivity index (χ1v) is 6.95. The Morgan fingerprint density at radius 2 is 2.00 bits per heavy atom. The Labute approximate surface area is 101 Å².